The molecule has 112 valence electrons. The Hall–Kier alpha value is -2.28. The van der Waals surface area contributed by atoms with E-state index in [0.29, 0.717) is 9.97 Å². The van der Waals surface area contributed by atoms with Crippen LogP contribution in [0.15, 0.2) is 35.4 Å². The van der Waals surface area contributed by atoms with Crippen LogP contribution in [-0.2, 0) is 16.6 Å². The van der Waals surface area contributed by atoms with E-state index in [0.717, 1.165) is 5.69 Å². The molecule has 0 radical (unpaired) electrons. The van der Waals surface area contributed by atoms with Crippen LogP contribution in [0.1, 0.15) is 16.3 Å². The van der Waals surface area contributed by atoms with Gasteiger partial charge in [0.1, 0.15) is 11.1 Å². The molecule has 0 saturated heterocycles. The fourth-order valence-corrected chi connectivity index (χ4v) is 4.04. The smallest absolute Gasteiger partial charge is 0.223 e. The maximum absolute atomic E-state index is 12.3. The second-order valence-corrected chi connectivity index (χ2v) is 7.31. The van der Waals surface area contributed by atoms with E-state index in [1.165, 1.54) is 23.5 Å². The number of sulfonamides is 1. The minimum Gasteiger partial charge on any atom is -0.223 e. The Morgan fingerprint density at radius 3 is 2.91 bits per heavy atom. The standard InChI is InChI=1S/C13H11N5O2S2/c1-9-8-18-13(16-9)21-12(17-18)7-15-22(19,20)11-5-3-2-4-10(11)6-14/h2-5,8,15H,7H2,1H3. The molecule has 0 unspecified atom stereocenters. The van der Waals surface area contributed by atoms with Crippen LogP contribution in [0.3, 0.4) is 0 Å². The van der Waals surface area contributed by atoms with Crippen LogP contribution in [0, 0.1) is 18.3 Å². The van der Waals surface area contributed by atoms with Crippen molar-refractivity contribution >= 4 is 26.3 Å². The molecule has 9 heteroatoms. The predicted molar refractivity (Wildman–Crippen MR) is 80.8 cm³/mol. The minimum absolute atomic E-state index is 0.0327. The normalized spacial score (nSPS) is 11.6. The van der Waals surface area contributed by atoms with E-state index < -0.39 is 10.0 Å². The van der Waals surface area contributed by atoms with Crippen molar-refractivity contribution in [2.24, 2.45) is 0 Å². The van der Waals surface area contributed by atoms with Gasteiger partial charge in [-0.1, -0.05) is 23.5 Å². The van der Waals surface area contributed by atoms with Gasteiger partial charge in [-0.3, -0.25) is 0 Å². The fraction of sp³-hybridized carbons (Fsp3) is 0.154. The van der Waals surface area contributed by atoms with Gasteiger partial charge < -0.3 is 0 Å². The van der Waals surface area contributed by atoms with Gasteiger partial charge in [0.25, 0.3) is 0 Å². The number of fused-ring (bicyclic) bond motifs is 1. The highest BCUT2D eigenvalue weighted by Crippen LogP contribution is 2.17. The number of aromatic nitrogens is 3. The van der Waals surface area contributed by atoms with Crippen LogP contribution in [0.4, 0.5) is 0 Å². The zero-order chi connectivity index (χ0) is 15.7. The summed E-state index contributed by atoms with van der Waals surface area (Å²) in [6.45, 7) is 1.91. The first kappa shape index (κ1) is 14.6. The number of imidazole rings is 1. The fourth-order valence-electron chi connectivity index (χ4n) is 1.95. The Morgan fingerprint density at radius 2 is 2.18 bits per heavy atom. The summed E-state index contributed by atoms with van der Waals surface area (Å²) in [5.74, 6) is 0. The SMILES string of the molecule is Cc1cn2nc(CNS(=O)(=O)c3ccccc3C#N)sc2n1. The Kier molecular flexibility index (Phi) is 3.66. The Labute approximate surface area is 130 Å². The molecule has 0 aliphatic heterocycles. The molecular formula is C13H11N5O2S2. The van der Waals surface area contributed by atoms with E-state index in [1.54, 1.807) is 22.8 Å². The van der Waals surface area contributed by atoms with Crippen LogP contribution in [0.2, 0.25) is 0 Å². The van der Waals surface area contributed by atoms with Gasteiger partial charge >= 0.3 is 0 Å². The first-order chi connectivity index (χ1) is 10.5. The highest BCUT2D eigenvalue weighted by Gasteiger charge is 2.18. The van der Waals surface area contributed by atoms with Crippen LogP contribution >= 0.6 is 11.3 Å². The highest BCUT2D eigenvalue weighted by atomic mass is 32.2. The van der Waals surface area contributed by atoms with Crippen LogP contribution in [0.25, 0.3) is 4.96 Å². The summed E-state index contributed by atoms with van der Waals surface area (Å²) < 4.78 is 28.6. The maximum Gasteiger partial charge on any atom is 0.242 e. The molecule has 3 aromatic rings. The Balaban J connectivity index is 1.82. The summed E-state index contributed by atoms with van der Waals surface area (Å²) in [4.78, 5) is 4.94. The summed E-state index contributed by atoms with van der Waals surface area (Å²) in [7, 11) is -3.77. The van der Waals surface area contributed by atoms with Crippen LogP contribution in [-0.4, -0.2) is 23.0 Å². The van der Waals surface area contributed by atoms with E-state index in [4.69, 9.17) is 5.26 Å². The lowest BCUT2D eigenvalue weighted by atomic mass is 10.2. The molecule has 0 saturated carbocycles. The Bertz CT molecular complexity index is 950. The third kappa shape index (κ3) is 2.71. The van der Waals surface area contributed by atoms with Crippen molar-refractivity contribution in [1.29, 1.82) is 5.26 Å². The summed E-state index contributed by atoms with van der Waals surface area (Å²) in [5.41, 5.74) is 0.966. The van der Waals surface area contributed by atoms with Gasteiger partial charge in [0.2, 0.25) is 15.0 Å². The lowest BCUT2D eigenvalue weighted by molar-refractivity contribution is 0.580. The predicted octanol–water partition coefficient (Wildman–Crippen LogP) is 1.45. The molecular weight excluding hydrogens is 322 g/mol. The lowest BCUT2D eigenvalue weighted by Gasteiger charge is -2.06. The van der Waals surface area contributed by atoms with E-state index in [1.807, 2.05) is 13.0 Å². The molecule has 0 bridgehead atoms. The third-order valence-electron chi connectivity index (χ3n) is 2.92. The average Bonchev–Trinajstić information content (AvgIpc) is 3.02. The van der Waals surface area contributed by atoms with Gasteiger partial charge in [0.15, 0.2) is 0 Å². The first-order valence-electron chi connectivity index (χ1n) is 6.30. The van der Waals surface area contributed by atoms with Gasteiger partial charge in [-0.05, 0) is 19.1 Å². The van der Waals surface area contributed by atoms with Gasteiger partial charge in [-0.25, -0.2) is 22.6 Å². The molecule has 7 nitrogen and oxygen atoms in total. The molecule has 0 atom stereocenters. The minimum atomic E-state index is -3.77. The molecule has 0 aliphatic rings. The van der Waals surface area contributed by atoms with Crippen molar-refractivity contribution in [3.8, 4) is 6.07 Å². The number of benzene rings is 1. The average molecular weight is 333 g/mol. The molecule has 3 rings (SSSR count). The monoisotopic (exact) mass is 333 g/mol. The molecule has 2 aromatic heterocycles. The lowest BCUT2D eigenvalue weighted by Crippen LogP contribution is -2.24. The Morgan fingerprint density at radius 1 is 1.41 bits per heavy atom. The number of hydrogen-bond acceptors (Lipinski definition) is 6. The molecule has 0 amide bonds. The molecule has 0 aliphatic carbocycles. The number of rotatable bonds is 4. The summed E-state index contributed by atoms with van der Waals surface area (Å²) in [5, 5.41) is 13.8. The first-order valence-corrected chi connectivity index (χ1v) is 8.60. The number of nitrogens with zero attached hydrogens (tertiary/aromatic N) is 4. The van der Waals surface area contributed by atoms with Crippen molar-refractivity contribution < 1.29 is 8.42 Å². The summed E-state index contributed by atoms with van der Waals surface area (Å²) >= 11 is 1.31. The molecule has 22 heavy (non-hydrogen) atoms. The van der Waals surface area contributed by atoms with Gasteiger partial charge in [0.05, 0.1) is 28.9 Å². The molecule has 0 fully saturated rings. The van der Waals surface area contributed by atoms with Gasteiger partial charge in [-0.2, -0.15) is 10.4 Å². The highest BCUT2D eigenvalue weighted by molar-refractivity contribution is 7.89. The molecule has 2 heterocycles. The number of aryl methyl sites for hydroxylation is 1. The van der Waals surface area contributed by atoms with Gasteiger partial charge in [0, 0.05) is 0 Å². The van der Waals surface area contributed by atoms with Crippen molar-refractivity contribution in [3.05, 3.63) is 46.7 Å². The summed E-state index contributed by atoms with van der Waals surface area (Å²) in [6, 6.07) is 7.95. The summed E-state index contributed by atoms with van der Waals surface area (Å²) in [6.07, 6.45) is 1.77. The zero-order valence-corrected chi connectivity index (χ0v) is 13.1. The van der Waals surface area contributed by atoms with E-state index >= 15 is 0 Å². The third-order valence-corrected chi connectivity index (χ3v) is 5.30. The second kappa shape index (κ2) is 5.49. The quantitative estimate of drug-likeness (QED) is 0.779. The molecule has 0 spiro atoms. The maximum atomic E-state index is 12.3. The van der Waals surface area contributed by atoms with E-state index in [9.17, 15) is 8.42 Å². The molecule has 1 aromatic carbocycles. The topological polar surface area (TPSA) is 100 Å². The zero-order valence-electron chi connectivity index (χ0n) is 11.5. The van der Waals surface area contributed by atoms with E-state index in [2.05, 4.69) is 14.8 Å². The van der Waals surface area contributed by atoms with Gasteiger partial charge in [-0.15, -0.1) is 0 Å². The van der Waals surface area contributed by atoms with Crippen molar-refractivity contribution in [2.75, 3.05) is 0 Å². The number of hydrogen-bond donors (Lipinski definition) is 1. The molecule has 1 N–H and O–H groups in total. The number of nitriles is 1. The largest absolute Gasteiger partial charge is 0.242 e. The van der Waals surface area contributed by atoms with Crippen molar-refractivity contribution in [3.63, 3.8) is 0 Å². The van der Waals surface area contributed by atoms with Crippen LogP contribution in [0.5, 0.6) is 0 Å². The van der Waals surface area contributed by atoms with Crippen LogP contribution < -0.4 is 4.72 Å². The number of nitrogens with one attached hydrogen (secondary N) is 1. The van der Waals surface area contributed by atoms with Crippen molar-refractivity contribution in [2.45, 2.75) is 18.4 Å². The van der Waals surface area contributed by atoms with E-state index in [-0.39, 0.29) is 17.0 Å². The second-order valence-electron chi connectivity index (χ2n) is 4.54. The van der Waals surface area contributed by atoms with Crippen molar-refractivity contribution in [1.82, 2.24) is 19.3 Å².